The van der Waals surface area contributed by atoms with Gasteiger partial charge >= 0.3 is 0 Å². The Morgan fingerprint density at radius 3 is 1.31 bits per heavy atom. The molecule has 16 heavy (non-hydrogen) atoms. The van der Waals surface area contributed by atoms with Crippen molar-refractivity contribution < 1.29 is 4.57 Å². The van der Waals surface area contributed by atoms with Crippen molar-refractivity contribution in [2.75, 3.05) is 13.3 Å². The van der Waals surface area contributed by atoms with E-state index in [-0.39, 0.29) is 21.6 Å². The van der Waals surface area contributed by atoms with Crippen LogP contribution in [0.25, 0.3) is 0 Å². The van der Waals surface area contributed by atoms with Gasteiger partial charge in [-0.2, -0.15) is 0 Å². The van der Waals surface area contributed by atoms with Crippen LogP contribution in [0, 0.1) is 10.8 Å². The summed E-state index contributed by atoms with van der Waals surface area (Å²) in [5.41, 5.74) is 0.0753. The van der Waals surface area contributed by atoms with Crippen molar-refractivity contribution >= 4 is 7.14 Å². The zero-order valence-electron chi connectivity index (χ0n) is 12.4. The van der Waals surface area contributed by atoms with Gasteiger partial charge in [-0.05, 0) is 44.9 Å². The molecule has 0 bridgehead atoms. The molecule has 2 nitrogen and oxygen atoms in total. The predicted molar refractivity (Wildman–Crippen MR) is 72.6 cm³/mol. The lowest BCUT2D eigenvalue weighted by Crippen LogP contribution is -2.49. The fourth-order valence-corrected chi connectivity index (χ4v) is 5.29. The summed E-state index contributed by atoms with van der Waals surface area (Å²) >= 11 is 0. The molecule has 1 aliphatic heterocycles. The molecule has 0 spiro atoms. The first-order valence-electron chi connectivity index (χ1n) is 6.05. The van der Waals surface area contributed by atoms with Crippen molar-refractivity contribution in [3.8, 4) is 0 Å². The Morgan fingerprint density at radius 2 is 1.19 bits per heavy atom. The molecule has 0 saturated carbocycles. The normalized spacial score (nSPS) is 36.3. The monoisotopic (exact) mass is 245 g/mol. The number of nitrogens with one attached hydrogen (secondary N) is 1. The van der Waals surface area contributed by atoms with Crippen molar-refractivity contribution in [1.82, 2.24) is 5.32 Å². The summed E-state index contributed by atoms with van der Waals surface area (Å²) in [5.74, 6) is 0. The minimum atomic E-state index is -2.22. The summed E-state index contributed by atoms with van der Waals surface area (Å²) in [6.45, 7) is 19.4. The van der Waals surface area contributed by atoms with Crippen molar-refractivity contribution in [3.05, 3.63) is 0 Å². The molecule has 0 aromatic rings. The molecule has 1 fully saturated rings. The van der Waals surface area contributed by atoms with Crippen LogP contribution in [-0.2, 0) is 4.57 Å². The van der Waals surface area contributed by atoms with E-state index in [1.807, 2.05) is 13.3 Å². The highest BCUT2D eigenvalue weighted by molar-refractivity contribution is 7.64. The van der Waals surface area contributed by atoms with Crippen molar-refractivity contribution in [1.29, 1.82) is 0 Å². The van der Waals surface area contributed by atoms with E-state index >= 15 is 0 Å². The summed E-state index contributed by atoms with van der Waals surface area (Å²) < 4.78 is 12.7. The predicted octanol–water partition coefficient (Wildman–Crippen LogP) is 3.76. The zero-order chi connectivity index (χ0) is 13.2. The Kier molecular flexibility index (Phi) is 2.80. The lowest BCUT2D eigenvalue weighted by Gasteiger charge is -2.48. The molecule has 96 valence electrons. The molecule has 1 atom stereocenters. The highest BCUT2D eigenvalue weighted by atomic mass is 31.2. The Hall–Kier alpha value is 0.190. The minimum Gasteiger partial charge on any atom is -0.322 e. The first kappa shape index (κ1) is 14.3. The van der Waals surface area contributed by atoms with Crippen LogP contribution < -0.4 is 5.32 Å². The lowest BCUT2D eigenvalue weighted by molar-refractivity contribution is 0.0847. The van der Waals surface area contributed by atoms with Gasteiger partial charge in [-0.3, -0.25) is 5.32 Å². The fraction of sp³-hybridized carbons (Fsp3) is 1.00. The molecule has 0 aliphatic carbocycles. The van der Waals surface area contributed by atoms with Crippen LogP contribution >= 0.6 is 7.14 Å². The van der Waals surface area contributed by atoms with Crippen LogP contribution in [0.3, 0.4) is 0 Å². The average Bonchev–Trinajstić information content (AvgIpc) is 2.07. The van der Waals surface area contributed by atoms with Gasteiger partial charge in [0.1, 0.15) is 7.14 Å². The summed E-state index contributed by atoms with van der Waals surface area (Å²) in [4.78, 5) is 0. The second-order valence-electron chi connectivity index (χ2n) is 7.42. The van der Waals surface area contributed by atoms with Crippen molar-refractivity contribution in [2.45, 2.75) is 59.3 Å². The van der Waals surface area contributed by atoms with Crippen molar-refractivity contribution in [2.24, 2.45) is 10.8 Å². The third kappa shape index (κ3) is 1.39. The first-order chi connectivity index (χ1) is 6.71. The number of hydrogen-bond donors (Lipinski definition) is 1. The summed E-state index contributed by atoms with van der Waals surface area (Å²) in [6.07, 6.45) is 0. The van der Waals surface area contributed by atoms with Crippen LogP contribution in [0.1, 0.15) is 48.5 Å². The van der Waals surface area contributed by atoms with Gasteiger partial charge < -0.3 is 4.57 Å². The fourth-order valence-electron chi connectivity index (χ4n) is 3.12. The van der Waals surface area contributed by atoms with Gasteiger partial charge in [-0.25, -0.2) is 0 Å². The molecule has 0 aromatic carbocycles. The van der Waals surface area contributed by atoms with Gasteiger partial charge in [0.2, 0.25) is 0 Å². The van der Waals surface area contributed by atoms with E-state index in [4.69, 9.17) is 0 Å². The molecule has 1 N–H and O–H groups in total. The molecule has 1 heterocycles. The molecule has 0 radical (unpaired) electrons. The molecular formula is C13H28NOP. The van der Waals surface area contributed by atoms with Gasteiger partial charge in [0.05, 0.1) is 5.28 Å². The van der Waals surface area contributed by atoms with E-state index in [0.29, 0.717) is 0 Å². The zero-order valence-corrected chi connectivity index (χ0v) is 13.2. The van der Waals surface area contributed by atoms with Crippen molar-refractivity contribution in [3.63, 3.8) is 0 Å². The van der Waals surface area contributed by atoms with Gasteiger partial charge in [-0.15, -0.1) is 0 Å². The molecule has 1 unspecified atom stereocenters. The second kappa shape index (κ2) is 3.14. The summed E-state index contributed by atoms with van der Waals surface area (Å²) in [5, 5.41) is 3.37. The molecule has 1 aliphatic rings. The summed E-state index contributed by atoms with van der Waals surface area (Å²) in [7, 11) is -2.22. The Balaban J connectivity index is 3.47. The molecule has 1 rings (SSSR count). The SMILES string of the molecule is CC1(C)NC(C)(P(C)(C)=O)C(C)(C)C1(C)C. The third-order valence-corrected chi connectivity index (χ3v) is 8.80. The van der Waals surface area contributed by atoms with Gasteiger partial charge in [0.25, 0.3) is 0 Å². The van der Waals surface area contributed by atoms with Crippen LogP contribution in [0.2, 0.25) is 0 Å². The van der Waals surface area contributed by atoms with Crippen LogP contribution in [-0.4, -0.2) is 24.1 Å². The number of hydrogen-bond acceptors (Lipinski definition) is 2. The van der Waals surface area contributed by atoms with Crippen LogP contribution in [0.15, 0.2) is 0 Å². The van der Waals surface area contributed by atoms with E-state index in [1.54, 1.807) is 0 Å². The number of rotatable bonds is 1. The largest absolute Gasteiger partial charge is 0.322 e. The van der Waals surface area contributed by atoms with E-state index in [9.17, 15) is 4.57 Å². The van der Waals surface area contributed by atoms with Gasteiger partial charge in [0, 0.05) is 5.54 Å². The molecule has 1 saturated heterocycles. The van der Waals surface area contributed by atoms with E-state index < -0.39 is 7.14 Å². The highest BCUT2D eigenvalue weighted by Crippen LogP contribution is 2.69. The van der Waals surface area contributed by atoms with Crippen LogP contribution in [0.4, 0.5) is 0 Å². The molecule has 3 heteroatoms. The Labute approximate surface area is 101 Å². The highest BCUT2D eigenvalue weighted by Gasteiger charge is 2.67. The molecule has 0 aromatic heterocycles. The van der Waals surface area contributed by atoms with E-state index in [0.717, 1.165) is 0 Å². The first-order valence-corrected chi connectivity index (χ1v) is 8.65. The topological polar surface area (TPSA) is 29.1 Å². The quantitative estimate of drug-likeness (QED) is 0.713. The third-order valence-electron chi connectivity index (χ3n) is 5.97. The Morgan fingerprint density at radius 1 is 0.812 bits per heavy atom. The average molecular weight is 245 g/mol. The minimum absolute atomic E-state index is 0.00701. The summed E-state index contributed by atoms with van der Waals surface area (Å²) in [6, 6.07) is 0. The molecular weight excluding hydrogens is 217 g/mol. The van der Waals surface area contributed by atoms with E-state index in [2.05, 4.69) is 53.8 Å². The maximum absolute atomic E-state index is 12.7. The van der Waals surface area contributed by atoms with Gasteiger partial charge in [0.15, 0.2) is 0 Å². The molecule has 0 amide bonds. The van der Waals surface area contributed by atoms with Gasteiger partial charge in [-0.1, -0.05) is 27.7 Å². The second-order valence-corrected chi connectivity index (χ2v) is 11.0. The van der Waals surface area contributed by atoms with E-state index in [1.165, 1.54) is 0 Å². The lowest BCUT2D eigenvalue weighted by atomic mass is 9.60. The smallest absolute Gasteiger partial charge is 0.101 e. The maximum Gasteiger partial charge on any atom is 0.101 e. The van der Waals surface area contributed by atoms with Crippen LogP contribution in [0.5, 0.6) is 0 Å². The Bertz CT molecular complexity index is 351. The standard InChI is InChI=1S/C13H28NOP/c1-10(2)11(3,4)13(7,16(8,9)15)14-12(10,5)6/h14H,1-9H3. The maximum atomic E-state index is 12.7.